The van der Waals surface area contributed by atoms with Gasteiger partial charge in [0.2, 0.25) is 0 Å². The lowest BCUT2D eigenvalue weighted by Crippen LogP contribution is -2.43. The molecule has 2 aromatic rings. The third-order valence-corrected chi connectivity index (χ3v) is 7.75. The van der Waals surface area contributed by atoms with Gasteiger partial charge in [-0.15, -0.1) is 0 Å². The van der Waals surface area contributed by atoms with Gasteiger partial charge < -0.3 is 29.9 Å². The van der Waals surface area contributed by atoms with Crippen molar-refractivity contribution in [3.63, 3.8) is 0 Å². The van der Waals surface area contributed by atoms with Crippen LogP contribution in [0.25, 0.3) is 5.57 Å². The van der Waals surface area contributed by atoms with Crippen LogP contribution in [0.5, 0.6) is 0 Å². The van der Waals surface area contributed by atoms with Gasteiger partial charge in [-0.05, 0) is 61.1 Å². The van der Waals surface area contributed by atoms with Crippen molar-refractivity contribution >= 4 is 5.57 Å². The quantitative estimate of drug-likeness (QED) is 0.252. The smallest absolute Gasteiger partial charge is 0.194 e. The van der Waals surface area contributed by atoms with Crippen molar-refractivity contribution in [3.05, 3.63) is 89.5 Å². The van der Waals surface area contributed by atoms with Gasteiger partial charge >= 0.3 is 0 Å². The van der Waals surface area contributed by atoms with Crippen LogP contribution in [-0.2, 0) is 9.47 Å². The number of benzene rings is 2. The zero-order chi connectivity index (χ0) is 26.8. The number of aliphatic hydroxyl groups is 2. The van der Waals surface area contributed by atoms with Gasteiger partial charge in [-0.1, -0.05) is 73.7 Å². The molecule has 1 aliphatic heterocycles. The lowest BCUT2D eigenvalue weighted by molar-refractivity contribution is -0.223. The number of β-amino-alcohol motifs (C(OH)–C–C–N with tert-alkyl or cyclic N) is 1. The molecule has 0 aromatic heterocycles. The zero-order valence-corrected chi connectivity index (χ0v) is 22.9. The Labute approximate surface area is 228 Å². The highest BCUT2D eigenvalue weighted by Crippen LogP contribution is 2.40. The van der Waals surface area contributed by atoms with Crippen molar-refractivity contribution in [3.8, 4) is 0 Å². The molecule has 3 unspecified atom stereocenters. The Bertz CT molecular complexity index is 1060. The Balaban J connectivity index is 1.37. The molecule has 6 nitrogen and oxygen atoms in total. The van der Waals surface area contributed by atoms with Crippen LogP contribution in [0, 0.1) is 12.8 Å². The fourth-order valence-corrected chi connectivity index (χ4v) is 5.49. The molecule has 4 rings (SSSR count). The minimum absolute atomic E-state index is 0.0182. The molecule has 4 atom stereocenters. The zero-order valence-electron chi connectivity index (χ0n) is 22.9. The number of rotatable bonds is 14. The Kier molecular flexibility index (Phi) is 10.7. The van der Waals surface area contributed by atoms with Crippen LogP contribution in [-0.4, -0.2) is 73.0 Å². The Hall–Kier alpha value is -2.32. The van der Waals surface area contributed by atoms with E-state index in [0.717, 1.165) is 51.0 Å². The molecule has 38 heavy (non-hydrogen) atoms. The van der Waals surface area contributed by atoms with E-state index in [2.05, 4.69) is 66.6 Å². The fraction of sp³-hybridized carbons (Fsp3) is 0.500. The third kappa shape index (κ3) is 7.41. The van der Waals surface area contributed by atoms with E-state index < -0.39 is 5.79 Å². The molecule has 0 saturated carbocycles. The molecule has 1 fully saturated rings. The molecule has 0 bridgehead atoms. The maximum Gasteiger partial charge on any atom is 0.194 e. The first-order valence-electron chi connectivity index (χ1n) is 14.1. The molecule has 0 amide bonds. The lowest BCUT2D eigenvalue weighted by atomic mass is 9.82. The molecule has 206 valence electrons. The van der Waals surface area contributed by atoms with E-state index in [0.29, 0.717) is 13.2 Å². The van der Waals surface area contributed by atoms with Gasteiger partial charge in [-0.3, -0.25) is 0 Å². The van der Waals surface area contributed by atoms with E-state index in [1.807, 2.05) is 30.3 Å². The van der Waals surface area contributed by atoms with Crippen LogP contribution in [0.4, 0.5) is 0 Å². The summed E-state index contributed by atoms with van der Waals surface area (Å²) in [6.45, 7) is 8.85. The van der Waals surface area contributed by atoms with Gasteiger partial charge in [0.15, 0.2) is 5.79 Å². The Morgan fingerprint density at radius 1 is 1.05 bits per heavy atom. The molecule has 1 heterocycles. The second-order valence-electron chi connectivity index (χ2n) is 10.5. The Morgan fingerprint density at radius 3 is 2.50 bits per heavy atom. The predicted molar refractivity (Wildman–Crippen MR) is 153 cm³/mol. The molecule has 2 aromatic carbocycles. The van der Waals surface area contributed by atoms with E-state index >= 15 is 0 Å². The highest BCUT2D eigenvalue weighted by Gasteiger charge is 2.40. The van der Waals surface area contributed by atoms with Crippen LogP contribution in [0.2, 0.25) is 0 Å². The topological polar surface area (TPSA) is 74.2 Å². The summed E-state index contributed by atoms with van der Waals surface area (Å²) in [5, 5.41) is 23.1. The first-order chi connectivity index (χ1) is 18.5. The van der Waals surface area contributed by atoms with Crippen LogP contribution >= 0.6 is 0 Å². The van der Waals surface area contributed by atoms with Gasteiger partial charge in [0.1, 0.15) is 0 Å². The number of aliphatic hydroxyl groups excluding tert-OH is 2. The van der Waals surface area contributed by atoms with Gasteiger partial charge in [0, 0.05) is 25.6 Å². The number of ether oxygens (including phenoxy) is 2. The predicted octanol–water partition coefficient (Wildman–Crippen LogP) is 4.48. The van der Waals surface area contributed by atoms with Crippen molar-refractivity contribution in [2.75, 3.05) is 46.0 Å². The minimum Gasteiger partial charge on any atom is -0.394 e. The second kappa shape index (κ2) is 14.2. The number of nitrogens with zero attached hydrogens (tertiary/aromatic N) is 1. The number of likely N-dealkylation sites (tertiary alicyclic amines) is 1. The van der Waals surface area contributed by atoms with Crippen LogP contribution in [0.15, 0.2) is 72.8 Å². The molecule has 1 saturated heterocycles. The largest absolute Gasteiger partial charge is 0.394 e. The monoisotopic (exact) mass is 520 g/mol. The summed E-state index contributed by atoms with van der Waals surface area (Å²) in [6, 6.07) is 18.4. The summed E-state index contributed by atoms with van der Waals surface area (Å²) in [4.78, 5) is 2.30. The summed E-state index contributed by atoms with van der Waals surface area (Å²) < 4.78 is 13.2. The molecule has 0 radical (unpaired) electrons. The van der Waals surface area contributed by atoms with Gasteiger partial charge in [0.05, 0.1) is 32.0 Å². The number of nitrogens with one attached hydrogen (secondary N) is 1. The average molecular weight is 521 g/mol. The van der Waals surface area contributed by atoms with Gasteiger partial charge in [0.25, 0.3) is 0 Å². The lowest BCUT2D eigenvalue weighted by Gasteiger charge is -2.40. The van der Waals surface area contributed by atoms with Crippen molar-refractivity contribution < 1.29 is 19.7 Å². The molecule has 3 N–H and O–H groups in total. The minimum atomic E-state index is -0.841. The van der Waals surface area contributed by atoms with E-state index in [9.17, 15) is 10.2 Å². The molecular weight excluding hydrogens is 476 g/mol. The third-order valence-electron chi connectivity index (χ3n) is 7.75. The number of hydrogen-bond acceptors (Lipinski definition) is 6. The first kappa shape index (κ1) is 28.7. The highest BCUT2D eigenvalue weighted by molar-refractivity contribution is 5.73. The van der Waals surface area contributed by atoms with Crippen LogP contribution in [0.3, 0.4) is 0 Å². The second-order valence-corrected chi connectivity index (χ2v) is 10.5. The van der Waals surface area contributed by atoms with Gasteiger partial charge in [-0.25, -0.2) is 0 Å². The normalized spacial score (nSPS) is 24.5. The summed E-state index contributed by atoms with van der Waals surface area (Å²) in [7, 11) is 0. The SMILES string of the molecule is Cc1ccccc1C1=CC=CC(OCCCNC(CO)c2ccccc2)(OCCCN2CC[C@@H](O)C2)C1C. The van der Waals surface area contributed by atoms with Crippen LogP contribution in [0.1, 0.15) is 48.9 Å². The molecule has 6 heteroatoms. The summed E-state index contributed by atoms with van der Waals surface area (Å²) in [5.74, 6) is -0.822. The first-order valence-corrected chi connectivity index (χ1v) is 14.1. The van der Waals surface area contributed by atoms with E-state index in [4.69, 9.17) is 9.47 Å². The molecular formula is C32H44N2O4. The van der Waals surface area contributed by atoms with Crippen molar-refractivity contribution in [1.29, 1.82) is 0 Å². The maximum atomic E-state index is 9.84. The number of allylic oxidation sites excluding steroid dienone is 2. The number of aryl methyl sites for hydroxylation is 1. The Morgan fingerprint density at radius 2 is 1.79 bits per heavy atom. The van der Waals surface area contributed by atoms with Crippen molar-refractivity contribution in [1.82, 2.24) is 10.2 Å². The molecule has 2 aliphatic rings. The summed E-state index contributed by atoms with van der Waals surface area (Å²) in [5.41, 5.74) is 4.76. The summed E-state index contributed by atoms with van der Waals surface area (Å²) >= 11 is 0. The standard InChI is InChI=1S/C32H44N2O4/c1-25-11-6-7-14-29(25)30-15-8-17-32(26(30)2,38-22-10-19-34-20-16-28(36)23-34)37-21-9-18-33-31(24-35)27-12-4-3-5-13-27/h3-8,11-15,17,26,28,31,33,35-36H,9-10,16,18-24H2,1-2H3/t26?,28-,31?,32?/m1/s1. The van der Waals surface area contributed by atoms with E-state index in [1.165, 1.54) is 16.7 Å². The molecule has 1 aliphatic carbocycles. The fourth-order valence-electron chi connectivity index (χ4n) is 5.49. The van der Waals surface area contributed by atoms with E-state index in [-0.39, 0.29) is 24.7 Å². The number of hydrogen-bond donors (Lipinski definition) is 3. The van der Waals surface area contributed by atoms with Crippen molar-refractivity contribution in [2.45, 2.75) is 51.0 Å². The van der Waals surface area contributed by atoms with Crippen molar-refractivity contribution in [2.24, 2.45) is 5.92 Å². The maximum absolute atomic E-state index is 9.84. The van der Waals surface area contributed by atoms with Crippen LogP contribution < -0.4 is 5.32 Å². The molecule has 0 spiro atoms. The van der Waals surface area contributed by atoms with E-state index in [1.54, 1.807) is 0 Å². The van der Waals surface area contributed by atoms with Gasteiger partial charge in [-0.2, -0.15) is 0 Å². The summed E-state index contributed by atoms with van der Waals surface area (Å²) in [6.07, 6.45) is 8.64. The highest BCUT2D eigenvalue weighted by atomic mass is 16.7. The average Bonchev–Trinajstić information content (AvgIpc) is 3.36.